The molecule has 0 heterocycles. The summed E-state index contributed by atoms with van der Waals surface area (Å²) >= 11 is 24.6. The highest BCUT2D eigenvalue weighted by Gasteiger charge is 2.34. The van der Waals surface area contributed by atoms with Gasteiger partial charge >= 0.3 is 0 Å². The molecule has 0 fully saturated rings. The normalized spacial score (nSPS) is 21.7. The van der Waals surface area contributed by atoms with Gasteiger partial charge in [0.15, 0.2) is 0 Å². The Morgan fingerprint density at radius 3 is 2.50 bits per heavy atom. The van der Waals surface area contributed by atoms with Crippen molar-refractivity contribution in [2.24, 2.45) is 5.73 Å². The van der Waals surface area contributed by atoms with Crippen molar-refractivity contribution >= 4 is 52.3 Å². The van der Waals surface area contributed by atoms with E-state index >= 15 is 0 Å². The van der Waals surface area contributed by atoms with Gasteiger partial charge in [-0.05, 0) is 18.6 Å². The van der Waals surface area contributed by atoms with Crippen LogP contribution in [0.1, 0.15) is 22.3 Å². The lowest BCUT2D eigenvalue weighted by Crippen LogP contribution is -2.19. The number of rotatable bonds is 2. The molecule has 1 aromatic rings. The molecule has 0 saturated heterocycles. The van der Waals surface area contributed by atoms with Gasteiger partial charge in [-0.3, -0.25) is 4.79 Å². The SMILES string of the molecule is NC(=O)c1cc(Cl)c(C2(Cl)C=CC(Cl)=CC2)c(Cl)c1O. The molecule has 1 aromatic carbocycles. The summed E-state index contributed by atoms with van der Waals surface area (Å²) < 4.78 is 0. The Bertz CT molecular complexity index is 654. The van der Waals surface area contributed by atoms with E-state index in [0.717, 1.165) is 0 Å². The standard InChI is InChI=1S/C13H9Cl4NO2/c14-6-1-3-13(17,4-2-6)9-8(15)5-7(12(18)20)11(19)10(9)16/h1-3,5,19H,4H2,(H2,18,20). The first-order valence-corrected chi connectivity index (χ1v) is 7.02. The van der Waals surface area contributed by atoms with Gasteiger partial charge in [0.2, 0.25) is 0 Å². The maximum Gasteiger partial charge on any atom is 0.252 e. The topological polar surface area (TPSA) is 63.3 Å². The molecule has 0 aliphatic heterocycles. The lowest BCUT2D eigenvalue weighted by Gasteiger charge is -2.28. The zero-order valence-electron chi connectivity index (χ0n) is 9.96. The number of primary amides is 1. The van der Waals surface area contributed by atoms with Gasteiger partial charge in [0, 0.05) is 15.6 Å². The second-order valence-corrected chi connectivity index (χ2v) is 6.19. The van der Waals surface area contributed by atoms with E-state index in [4.69, 9.17) is 52.1 Å². The highest BCUT2D eigenvalue weighted by atomic mass is 35.5. The summed E-state index contributed by atoms with van der Waals surface area (Å²) in [6.07, 6.45) is 5.30. The molecule has 0 spiro atoms. The van der Waals surface area contributed by atoms with E-state index in [1.807, 2.05) is 0 Å². The van der Waals surface area contributed by atoms with Crippen LogP contribution in [0.25, 0.3) is 0 Å². The summed E-state index contributed by atoms with van der Waals surface area (Å²) in [4.78, 5) is 10.2. The van der Waals surface area contributed by atoms with Crippen LogP contribution < -0.4 is 5.73 Å². The van der Waals surface area contributed by atoms with Gasteiger partial charge in [-0.1, -0.05) is 47.0 Å². The molecule has 3 N–H and O–H groups in total. The third kappa shape index (κ3) is 2.63. The van der Waals surface area contributed by atoms with Crippen LogP contribution in [0.4, 0.5) is 0 Å². The number of amides is 1. The molecule has 1 aliphatic rings. The smallest absolute Gasteiger partial charge is 0.252 e. The van der Waals surface area contributed by atoms with Crippen molar-refractivity contribution in [1.82, 2.24) is 0 Å². The largest absolute Gasteiger partial charge is 0.506 e. The van der Waals surface area contributed by atoms with Crippen LogP contribution in [0.3, 0.4) is 0 Å². The second-order valence-electron chi connectivity index (χ2n) is 4.30. The van der Waals surface area contributed by atoms with Crippen LogP contribution >= 0.6 is 46.4 Å². The van der Waals surface area contributed by atoms with Crippen LogP contribution in [0.5, 0.6) is 5.75 Å². The van der Waals surface area contributed by atoms with Crippen molar-refractivity contribution in [3.8, 4) is 5.75 Å². The molecule has 7 heteroatoms. The van der Waals surface area contributed by atoms with Crippen molar-refractivity contribution in [2.45, 2.75) is 11.3 Å². The van der Waals surface area contributed by atoms with Gasteiger partial charge in [-0.15, -0.1) is 11.6 Å². The molecule has 0 radical (unpaired) electrons. The number of halogens is 4. The number of carbonyl (C=O) groups excluding carboxylic acids is 1. The Labute approximate surface area is 135 Å². The van der Waals surface area contributed by atoms with E-state index in [1.54, 1.807) is 18.2 Å². The fourth-order valence-corrected chi connectivity index (χ4v) is 3.32. The van der Waals surface area contributed by atoms with Crippen LogP contribution in [-0.4, -0.2) is 11.0 Å². The first-order chi connectivity index (χ1) is 9.26. The van der Waals surface area contributed by atoms with Crippen molar-refractivity contribution in [2.75, 3.05) is 0 Å². The average molecular weight is 353 g/mol. The molecule has 20 heavy (non-hydrogen) atoms. The molecule has 0 aromatic heterocycles. The van der Waals surface area contributed by atoms with E-state index in [-0.39, 0.29) is 15.6 Å². The third-order valence-electron chi connectivity index (χ3n) is 2.97. The first kappa shape index (κ1) is 15.5. The van der Waals surface area contributed by atoms with Crippen LogP contribution in [0.15, 0.2) is 29.3 Å². The third-order valence-corrected chi connectivity index (χ3v) is 4.39. The van der Waals surface area contributed by atoms with Crippen molar-refractivity contribution in [3.63, 3.8) is 0 Å². The highest BCUT2D eigenvalue weighted by molar-refractivity contribution is 6.40. The maximum atomic E-state index is 11.2. The van der Waals surface area contributed by atoms with Gasteiger partial charge in [0.1, 0.15) is 5.75 Å². The monoisotopic (exact) mass is 351 g/mol. The predicted octanol–water partition coefficient (Wildman–Crippen LogP) is 4.31. The van der Waals surface area contributed by atoms with Gasteiger partial charge in [0.25, 0.3) is 5.91 Å². The molecule has 0 bridgehead atoms. The average Bonchev–Trinajstić information content (AvgIpc) is 2.37. The van der Waals surface area contributed by atoms with Crippen molar-refractivity contribution in [1.29, 1.82) is 0 Å². The first-order valence-electron chi connectivity index (χ1n) is 5.51. The van der Waals surface area contributed by atoms with Crippen molar-refractivity contribution < 1.29 is 9.90 Å². The fraction of sp³-hybridized carbons (Fsp3) is 0.154. The molecule has 1 unspecified atom stereocenters. The minimum Gasteiger partial charge on any atom is -0.506 e. The summed E-state index contributed by atoms with van der Waals surface area (Å²) in [5.74, 6) is -1.27. The molecule has 1 atom stereocenters. The highest BCUT2D eigenvalue weighted by Crippen LogP contribution is 2.48. The quantitative estimate of drug-likeness (QED) is 0.778. The Morgan fingerprint density at radius 2 is 2.00 bits per heavy atom. The lowest BCUT2D eigenvalue weighted by molar-refractivity contribution is 0.0997. The summed E-state index contributed by atoms with van der Waals surface area (Å²) in [6, 6.07) is 1.25. The number of alkyl halides is 1. The summed E-state index contributed by atoms with van der Waals surface area (Å²) in [5, 5.41) is 10.5. The number of aromatic hydroxyl groups is 1. The molecular formula is C13H9Cl4NO2. The van der Waals surface area contributed by atoms with Gasteiger partial charge in [-0.25, -0.2) is 0 Å². The minimum atomic E-state index is -1.04. The zero-order chi connectivity index (χ0) is 15.1. The number of carbonyl (C=O) groups is 1. The molecule has 3 nitrogen and oxygen atoms in total. The Hall–Kier alpha value is -0.870. The zero-order valence-corrected chi connectivity index (χ0v) is 13.0. The second kappa shape index (κ2) is 5.49. The van der Waals surface area contributed by atoms with Gasteiger partial charge < -0.3 is 10.8 Å². The molecule has 1 aliphatic carbocycles. The van der Waals surface area contributed by atoms with Crippen LogP contribution in [-0.2, 0) is 4.87 Å². The van der Waals surface area contributed by atoms with Gasteiger partial charge in [-0.2, -0.15) is 0 Å². The lowest BCUT2D eigenvalue weighted by atomic mass is 9.90. The fourth-order valence-electron chi connectivity index (χ4n) is 1.96. The van der Waals surface area contributed by atoms with E-state index in [0.29, 0.717) is 17.0 Å². The van der Waals surface area contributed by atoms with Crippen LogP contribution in [0, 0.1) is 0 Å². The summed E-state index contributed by atoms with van der Waals surface area (Å²) in [6.45, 7) is 0. The Balaban J connectivity index is 2.62. The van der Waals surface area contributed by atoms with E-state index < -0.39 is 16.5 Å². The molecule has 106 valence electrons. The molecule has 0 saturated carbocycles. The summed E-state index contributed by atoms with van der Waals surface area (Å²) in [7, 11) is 0. The van der Waals surface area contributed by atoms with E-state index in [1.165, 1.54) is 6.07 Å². The van der Waals surface area contributed by atoms with Crippen LogP contribution in [0.2, 0.25) is 10.0 Å². The molecular weight excluding hydrogens is 344 g/mol. The summed E-state index contributed by atoms with van der Waals surface area (Å²) in [5.41, 5.74) is 5.29. The van der Waals surface area contributed by atoms with E-state index in [2.05, 4.69) is 0 Å². The maximum absolute atomic E-state index is 11.2. The number of hydrogen-bond donors (Lipinski definition) is 2. The molecule has 2 rings (SSSR count). The van der Waals surface area contributed by atoms with Crippen molar-refractivity contribution in [3.05, 3.63) is 50.5 Å². The Kier molecular flexibility index (Phi) is 4.26. The number of phenols is 1. The number of hydrogen-bond acceptors (Lipinski definition) is 2. The van der Waals surface area contributed by atoms with E-state index in [9.17, 15) is 9.90 Å². The number of benzene rings is 1. The molecule has 1 amide bonds. The van der Waals surface area contributed by atoms with Gasteiger partial charge in [0.05, 0.1) is 15.5 Å². The Morgan fingerprint density at radius 1 is 1.35 bits per heavy atom. The number of nitrogens with two attached hydrogens (primary N) is 1. The minimum absolute atomic E-state index is 0.0997. The number of allylic oxidation sites excluding steroid dienone is 4. The predicted molar refractivity (Wildman–Crippen MR) is 81.9 cm³/mol.